The maximum Gasteiger partial charge on any atom is 0.334 e. The molecular formula is C11H13N3O4. The van der Waals surface area contributed by atoms with Gasteiger partial charge in [-0.1, -0.05) is 0 Å². The molecule has 2 aromatic rings. The van der Waals surface area contributed by atoms with Gasteiger partial charge in [0.15, 0.2) is 6.10 Å². The smallest absolute Gasteiger partial charge is 0.334 e. The SMILES string of the molecule is CCOC(Cn1ccn2nccc2c1=O)C(=O)O. The Kier molecular flexibility index (Phi) is 3.42. The number of aromatic nitrogens is 3. The Morgan fingerprint density at radius 2 is 2.33 bits per heavy atom. The molecule has 0 fully saturated rings. The quantitative estimate of drug-likeness (QED) is 0.807. The van der Waals surface area contributed by atoms with Crippen molar-refractivity contribution in [3.8, 4) is 0 Å². The molecule has 0 amide bonds. The van der Waals surface area contributed by atoms with E-state index in [1.165, 1.54) is 21.5 Å². The number of hydrogen-bond donors (Lipinski definition) is 1. The number of ether oxygens (including phenoxy) is 1. The largest absolute Gasteiger partial charge is 0.479 e. The summed E-state index contributed by atoms with van der Waals surface area (Å²) in [5.74, 6) is -1.09. The third-order valence-corrected chi connectivity index (χ3v) is 2.54. The summed E-state index contributed by atoms with van der Waals surface area (Å²) in [6.45, 7) is 1.96. The van der Waals surface area contributed by atoms with E-state index in [2.05, 4.69) is 5.10 Å². The molecular weight excluding hydrogens is 238 g/mol. The Morgan fingerprint density at radius 1 is 1.56 bits per heavy atom. The number of fused-ring (bicyclic) bond motifs is 1. The zero-order chi connectivity index (χ0) is 13.1. The molecule has 0 bridgehead atoms. The number of carbonyl (C=O) groups is 1. The van der Waals surface area contributed by atoms with Gasteiger partial charge in [0.1, 0.15) is 5.52 Å². The average molecular weight is 251 g/mol. The topological polar surface area (TPSA) is 85.8 Å². The van der Waals surface area contributed by atoms with Gasteiger partial charge in [-0.05, 0) is 13.0 Å². The normalized spacial score (nSPS) is 12.7. The lowest BCUT2D eigenvalue weighted by atomic mass is 10.3. The lowest BCUT2D eigenvalue weighted by Crippen LogP contribution is -2.34. The van der Waals surface area contributed by atoms with Crippen LogP contribution in [0.5, 0.6) is 0 Å². The molecule has 0 saturated carbocycles. The molecule has 0 aliphatic carbocycles. The lowest BCUT2D eigenvalue weighted by Gasteiger charge is -2.13. The van der Waals surface area contributed by atoms with Crippen molar-refractivity contribution in [2.24, 2.45) is 0 Å². The van der Waals surface area contributed by atoms with E-state index in [0.717, 1.165) is 0 Å². The highest BCUT2D eigenvalue weighted by atomic mass is 16.5. The highest BCUT2D eigenvalue weighted by Crippen LogP contribution is 1.99. The fourth-order valence-corrected chi connectivity index (χ4v) is 1.69. The van der Waals surface area contributed by atoms with Crippen LogP contribution in [0.25, 0.3) is 5.52 Å². The van der Waals surface area contributed by atoms with E-state index in [0.29, 0.717) is 5.52 Å². The molecule has 2 rings (SSSR count). The first-order valence-corrected chi connectivity index (χ1v) is 5.50. The Labute approximate surface area is 102 Å². The summed E-state index contributed by atoms with van der Waals surface area (Å²) in [6, 6.07) is 1.58. The van der Waals surface area contributed by atoms with E-state index in [1.807, 2.05) is 0 Å². The summed E-state index contributed by atoms with van der Waals surface area (Å²) in [5, 5.41) is 12.9. The van der Waals surface area contributed by atoms with Gasteiger partial charge in [0.05, 0.1) is 12.7 Å². The van der Waals surface area contributed by atoms with Gasteiger partial charge in [-0.15, -0.1) is 0 Å². The van der Waals surface area contributed by atoms with Crippen LogP contribution in [0.3, 0.4) is 0 Å². The van der Waals surface area contributed by atoms with Crippen molar-refractivity contribution < 1.29 is 14.6 Å². The summed E-state index contributed by atoms with van der Waals surface area (Å²) in [5.41, 5.74) is 0.110. The second-order valence-corrected chi connectivity index (χ2v) is 3.70. The summed E-state index contributed by atoms with van der Waals surface area (Å²) in [4.78, 5) is 23.0. The van der Waals surface area contributed by atoms with Crippen molar-refractivity contribution in [1.82, 2.24) is 14.2 Å². The fourth-order valence-electron chi connectivity index (χ4n) is 1.69. The summed E-state index contributed by atoms with van der Waals surface area (Å²) < 4.78 is 7.82. The van der Waals surface area contributed by atoms with Gasteiger partial charge < -0.3 is 14.4 Å². The standard InChI is InChI=1S/C11H13N3O4/c1-2-18-9(11(16)17)7-13-5-6-14-8(10(13)15)3-4-12-14/h3-6,9H,2,7H2,1H3,(H,16,17). The molecule has 7 nitrogen and oxygen atoms in total. The van der Waals surface area contributed by atoms with E-state index in [4.69, 9.17) is 9.84 Å². The van der Waals surface area contributed by atoms with Gasteiger partial charge in [-0.25, -0.2) is 9.31 Å². The van der Waals surface area contributed by atoms with Crippen molar-refractivity contribution in [3.05, 3.63) is 35.0 Å². The third-order valence-electron chi connectivity index (χ3n) is 2.54. The van der Waals surface area contributed by atoms with E-state index < -0.39 is 12.1 Å². The second kappa shape index (κ2) is 5.01. The number of hydrogen-bond acceptors (Lipinski definition) is 4. The predicted octanol–water partition coefficient (Wildman–Crippen LogP) is -0.0143. The molecule has 2 heterocycles. The lowest BCUT2D eigenvalue weighted by molar-refractivity contribution is -0.151. The molecule has 1 N–H and O–H groups in total. The molecule has 96 valence electrons. The van der Waals surface area contributed by atoms with Gasteiger partial charge in [0.2, 0.25) is 0 Å². The van der Waals surface area contributed by atoms with E-state index in [1.54, 1.807) is 19.2 Å². The highest BCUT2D eigenvalue weighted by molar-refractivity contribution is 5.72. The molecule has 1 unspecified atom stereocenters. The zero-order valence-electron chi connectivity index (χ0n) is 9.81. The fraction of sp³-hybridized carbons (Fsp3) is 0.364. The van der Waals surface area contributed by atoms with Crippen molar-refractivity contribution in [2.75, 3.05) is 6.61 Å². The minimum atomic E-state index is -1.09. The first-order valence-electron chi connectivity index (χ1n) is 5.50. The van der Waals surface area contributed by atoms with Crippen LogP contribution >= 0.6 is 0 Å². The van der Waals surface area contributed by atoms with Crippen molar-refractivity contribution in [2.45, 2.75) is 19.6 Å². The van der Waals surface area contributed by atoms with Crippen LogP contribution in [0.2, 0.25) is 0 Å². The molecule has 0 saturated heterocycles. The van der Waals surface area contributed by atoms with Gasteiger partial charge >= 0.3 is 5.97 Å². The molecule has 0 radical (unpaired) electrons. The molecule has 2 aromatic heterocycles. The van der Waals surface area contributed by atoms with Gasteiger partial charge in [0, 0.05) is 19.0 Å². The van der Waals surface area contributed by atoms with Gasteiger partial charge in [-0.3, -0.25) is 4.79 Å². The third kappa shape index (κ3) is 2.25. The monoisotopic (exact) mass is 251 g/mol. The maximum atomic E-state index is 12.0. The van der Waals surface area contributed by atoms with Crippen molar-refractivity contribution >= 4 is 11.5 Å². The van der Waals surface area contributed by atoms with E-state index >= 15 is 0 Å². The van der Waals surface area contributed by atoms with Crippen LogP contribution in [0.1, 0.15) is 6.92 Å². The Balaban J connectivity index is 2.33. The number of rotatable bonds is 5. The first kappa shape index (κ1) is 12.3. The Hall–Kier alpha value is -2.15. The second-order valence-electron chi connectivity index (χ2n) is 3.70. The minimum absolute atomic E-state index is 0.0241. The minimum Gasteiger partial charge on any atom is -0.479 e. The Bertz CT molecular complexity index is 616. The van der Waals surface area contributed by atoms with Gasteiger partial charge in [-0.2, -0.15) is 5.10 Å². The Morgan fingerprint density at radius 3 is 3.00 bits per heavy atom. The molecule has 0 aromatic carbocycles. The van der Waals surface area contributed by atoms with Crippen LogP contribution in [-0.2, 0) is 16.1 Å². The number of carboxylic acid groups (broad SMARTS) is 1. The molecule has 0 aliphatic rings. The van der Waals surface area contributed by atoms with Crippen LogP contribution in [0, 0.1) is 0 Å². The van der Waals surface area contributed by atoms with Crippen LogP contribution in [0.4, 0.5) is 0 Å². The molecule has 0 spiro atoms. The molecule has 0 aliphatic heterocycles. The number of aliphatic carboxylic acids is 1. The van der Waals surface area contributed by atoms with E-state index in [-0.39, 0.29) is 18.7 Å². The summed E-state index contributed by atoms with van der Waals surface area (Å²) in [7, 11) is 0. The molecule has 1 atom stereocenters. The van der Waals surface area contributed by atoms with Crippen molar-refractivity contribution in [3.63, 3.8) is 0 Å². The van der Waals surface area contributed by atoms with Crippen LogP contribution in [0.15, 0.2) is 29.5 Å². The average Bonchev–Trinajstić information content (AvgIpc) is 2.80. The highest BCUT2D eigenvalue weighted by Gasteiger charge is 2.19. The summed E-state index contributed by atoms with van der Waals surface area (Å²) >= 11 is 0. The predicted molar refractivity (Wildman–Crippen MR) is 62.5 cm³/mol. The number of carboxylic acids is 1. The van der Waals surface area contributed by atoms with Crippen LogP contribution in [-0.4, -0.2) is 38.0 Å². The van der Waals surface area contributed by atoms with E-state index in [9.17, 15) is 9.59 Å². The summed E-state index contributed by atoms with van der Waals surface area (Å²) in [6.07, 6.45) is 3.58. The van der Waals surface area contributed by atoms with Crippen LogP contribution < -0.4 is 5.56 Å². The number of nitrogens with zero attached hydrogens (tertiary/aromatic N) is 3. The molecule has 18 heavy (non-hydrogen) atoms. The zero-order valence-corrected chi connectivity index (χ0v) is 9.81. The maximum absolute atomic E-state index is 12.0. The van der Waals surface area contributed by atoms with Gasteiger partial charge in [0.25, 0.3) is 5.56 Å². The first-order chi connectivity index (χ1) is 8.63. The van der Waals surface area contributed by atoms with Crippen molar-refractivity contribution in [1.29, 1.82) is 0 Å². The molecule has 7 heteroatoms.